The van der Waals surface area contributed by atoms with Gasteiger partial charge in [-0.05, 0) is 56.3 Å². The van der Waals surface area contributed by atoms with Gasteiger partial charge in [-0.15, -0.1) is 0 Å². The van der Waals surface area contributed by atoms with Crippen LogP contribution in [0.15, 0.2) is 24.3 Å². The smallest absolute Gasteiger partial charge is 0.0692 e. The molecule has 0 saturated heterocycles. The number of aliphatic hydroxyl groups is 3. The van der Waals surface area contributed by atoms with Crippen molar-refractivity contribution in [1.29, 1.82) is 0 Å². The topological polar surface area (TPSA) is 60.7 Å². The SMILES string of the molecule is C=C1CC[C@@H]2[C@](C)(CO)[C@H](O)CC[C@@]2(C)[C@@H]1C/C=C/C(C)O. The molecule has 0 spiro atoms. The molecule has 2 fully saturated rings. The van der Waals surface area contributed by atoms with E-state index >= 15 is 0 Å². The van der Waals surface area contributed by atoms with E-state index in [1.807, 2.05) is 13.0 Å². The van der Waals surface area contributed by atoms with Crippen LogP contribution in [0.2, 0.25) is 0 Å². The summed E-state index contributed by atoms with van der Waals surface area (Å²) in [5, 5.41) is 29.8. The van der Waals surface area contributed by atoms with Gasteiger partial charge < -0.3 is 15.3 Å². The molecular weight excluding hydrogens is 276 g/mol. The first kappa shape index (κ1) is 17.7. The molecule has 2 aliphatic carbocycles. The van der Waals surface area contributed by atoms with Crippen molar-refractivity contribution in [3.05, 3.63) is 24.3 Å². The second-order valence-electron chi connectivity index (χ2n) is 7.93. The van der Waals surface area contributed by atoms with Crippen LogP contribution in [0.25, 0.3) is 0 Å². The van der Waals surface area contributed by atoms with Crippen LogP contribution >= 0.6 is 0 Å². The van der Waals surface area contributed by atoms with Gasteiger partial charge in [-0.2, -0.15) is 0 Å². The third-order valence-electron chi connectivity index (χ3n) is 6.48. The van der Waals surface area contributed by atoms with Gasteiger partial charge in [-0.3, -0.25) is 0 Å². The number of hydrogen-bond acceptors (Lipinski definition) is 3. The summed E-state index contributed by atoms with van der Waals surface area (Å²) in [7, 11) is 0. The Kier molecular flexibility index (Phi) is 5.20. The van der Waals surface area contributed by atoms with Crippen LogP contribution < -0.4 is 0 Å². The molecule has 2 rings (SSSR count). The van der Waals surface area contributed by atoms with Gasteiger partial charge in [0.1, 0.15) is 0 Å². The number of hydrogen-bond donors (Lipinski definition) is 3. The number of allylic oxidation sites excluding steroid dienone is 2. The quantitative estimate of drug-likeness (QED) is 0.700. The van der Waals surface area contributed by atoms with Crippen molar-refractivity contribution in [2.24, 2.45) is 22.7 Å². The van der Waals surface area contributed by atoms with Crippen molar-refractivity contribution in [3.63, 3.8) is 0 Å². The van der Waals surface area contributed by atoms with Crippen LogP contribution in [0.5, 0.6) is 0 Å². The van der Waals surface area contributed by atoms with Gasteiger partial charge in [0.05, 0.1) is 18.8 Å². The standard InChI is InChI=1S/C19H32O3/c1-13-8-9-16-18(3,15(13)7-5-6-14(2)21)11-10-17(22)19(16,4)12-20/h5-6,14-17,20-22H,1,7-12H2,2-4H3/b6-5+/t14?,15-,16+,17-,18+,19+/m1/s1. The Hall–Kier alpha value is -0.640. The van der Waals surface area contributed by atoms with Crippen LogP contribution in [0, 0.1) is 22.7 Å². The molecule has 22 heavy (non-hydrogen) atoms. The molecule has 0 aromatic carbocycles. The molecule has 6 atom stereocenters. The molecule has 3 nitrogen and oxygen atoms in total. The van der Waals surface area contributed by atoms with E-state index in [1.165, 1.54) is 5.57 Å². The molecule has 0 amide bonds. The highest BCUT2D eigenvalue weighted by atomic mass is 16.3. The Morgan fingerprint density at radius 2 is 2.05 bits per heavy atom. The van der Waals surface area contributed by atoms with Crippen LogP contribution in [0.3, 0.4) is 0 Å². The minimum absolute atomic E-state index is 0.0388. The summed E-state index contributed by atoms with van der Waals surface area (Å²) < 4.78 is 0. The van der Waals surface area contributed by atoms with Gasteiger partial charge in [0.25, 0.3) is 0 Å². The van der Waals surface area contributed by atoms with Crippen LogP contribution in [0.1, 0.15) is 52.9 Å². The Morgan fingerprint density at radius 3 is 2.64 bits per heavy atom. The zero-order chi connectivity index (χ0) is 16.5. The van der Waals surface area contributed by atoms with Gasteiger partial charge >= 0.3 is 0 Å². The Labute approximate surface area is 134 Å². The lowest BCUT2D eigenvalue weighted by molar-refractivity contribution is -0.151. The van der Waals surface area contributed by atoms with Gasteiger partial charge in [0.2, 0.25) is 0 Å². The van der Waals surface area contributed by atoms with Crippen molar-refractivity contribution < 1.29 is 15.3 Å². The van der Waals surface area contributed by atoms with E-state index in [2.05, 4.69) is 19.6 Å². The molecule has 0 radical (unpaired) electrons. The lowest BCUT2D eigenvalue weighted by Crippen LogP contribution is -2.57. The molecule has 0 aliphatic heterocycles. The molecule has 3 heteroatoms. The van der Waals surface area contributed by atoms with E-state index in [-0.39, 0.29) is 12.0 Å². The maximum Gasteiger partial charge on any atom is 0.0692 e. The van der Waals surface area contributed by atoms with Crippen molar-refractivity contribution >= 4 is 0 Å². The summed E-state index contributed by atoms with van der Waals surface area (Å²) >= 11 is 0. The van der Waals surface area contributed by atoms with Gasteiger partial charge in [0, 0.05) is 5.41 Å². The minimum Gasteiger partial charge on any atom is -0.396 e. The number of fused-ring (bicyclic) bond motifs is 1. The maximum absolute atomic E-state index is 10.5. The second kappa shape index (κ2) is 6.46. The van der Waals surface area contributed by atoms with Crippen LogP contribution in [0.4, 0.5) is 0 Å². The van der Waals surface area contributed by atoms with Gasteiger partial charge in [0.15, 0.2) is 0 Å². The second-order valence-corrected chi connectivity index (χ2v) is 7.93. The van der Waals surface area contributed by atoms with E-state index in [9.17, 15) is 15.3 Å². The van der Waals surface area contributed by atoms with Crippen molar-refractivity contribution in [3.8, 4) is 0 Å². The van der Waals surface area contributed by atoms with Crippen LogP contribution in [-0.4, -0.2) is 34.1 Å². The molecule has 0 bridgehead atoms. The van der Waals surface area contributed by atoms with Gasteiger partial charge in [-0.1, -0.05) is 38.2 Å². The van der Waals surface area contributed by atoms with Gasteiger partial charge in [-0.25, -0.2) is 0 Å². The summed E-state index contributed by atoms with van der Waals surface area (Å²) in [6.07, 6.45) is 7.63. The van der Waals surface area contributed by atoms with E-state index in [0.717, 1.165) is 32.1 Å². The minimum atomic E-state index is -0.421. The zero-order valence-corrected chi connectivity index (χ0v) is 14.3. The maximum atomic E-state index is 10.5. The average Bonchev–Trinajstić information content (AvgIpc) is 2.46. The molecular formula is C19H32O3. The largest absolute Gasteiger partial charge is 0.396 e. The average molecular weight is 308 g/mol. The third kappa shape index (κ3) is 2.91. The Balaban J connectivity index is 2.29. The first-order valence-electron chi connectivity index (χ1n) is 8.57. The lowest BCUT2D eigenvalue weighted by atomic mass is 9.46. The fourth-order valence-electron chi connectivity index (χ4n) is 5.05. The van der Waals surface area contributed by atoms with Crippen molar-refractivity contribution in [2.45, 2.75) is 65.1 Å². The summed E-state index contributed by atoms with van der Waals surface area (Å²) in [4.78, 5) is 0. The molecule has 0 heterocycles. The highest BCUT2D eigenvalue weighted by Gasteiger charge is 2.57. The highest BCUT2D eigenvalue weighted by molar-refractivity contribution is 5.18. The summed E-state index contributed by atoms with van der Waals surface area (Å²) in [5.41, 5.74) is 0.931. The van der Waals surface area contributed by atoms with E-state index < -0.39 is 17.6 Å². The number of rotatable bonds is 4. The van der Waals surface area contributed by atoms with Crippen molar-refractivity contribution in [1.82, 2.24) is 0 Å². The summed E-state index contributed by atoms with van der Waals surface area (Å²) in [6, 6.07) is 0. The zero-order valence-electron chi connectivity index (χ0n) is 14.3. The lowest BCUT2D eigenvalue weighted by Gasteiger charge is -2.59. The van der Waals surface area contributed by atoms with Crippen LogP contribution in [-0.2, 0) is 0 Å². The normalized spacial score (nSPS) is 44.1. The first-order chi connectivity index (χ1) is 10.3. The summed E-state index contributed by atoms with van der Waals surface area (Å²) in [6.45, 7) is 10.4. The fourth-order valence-corrected chi connectivity index (χ4v) is 5.05. The number of aliphatic hydroxyl groups excluding tert-OH is 3. The van der Waals surface area contributed by atoms with E-state index in [0.29, 0.717) is 11.8 Å². The fraction of sp³-hybridized carbons (Fsp3) is 0.789. The molecule has 0 aromatic heterocycles. The van der Waals surface area contributed by atoms with E-state index in [4.69, 9.17) is 0 Å². The molecule has 2 aliphatic rings. The molecule has 126 valence electrons. The molecule has 2 saturated carbocycles. The van der Waals surface area contributed by atoms with E-state index in [1.54, 1.807) is 6.92 Å². The predicted octanol–water partition coefficient (Wildman–Crippen LogP) is 3.06. The molecule has 0 aromatic rings. The molecule has 1 unspecified atom stereocenters. The predicted molar refractivity (Wildman–Crippen MR) is 89.3 cm³/mol. The Morgan fingerprint density at radius 1 is 1.36 bits per heavy atom. The van der Waals surface area contributed by atoms with Crippen molar-refractivity contribution in [2.75, 3.05) is 6.61 Å². The highest BCUT2D eigenvalue weighted by Crippen LogP contribution is 2.61. The first-order valence-corrected chi connectivity index (χ1v) is 8.57. The third-order valence-corrected chi connectivity index (χ3v) is 6.48. The Bertz CT molecular complexity index is 442. The monoisotopic (exact) mass is 308 g/mol. The molecule has 3 N–H and O–H groups in total. The summed E-state index contributed by atoms with van der Waals surface area (Å²) in [5.74, 6) is 0.670.